The lowest BCUT2D eigenvalue weighted by molar-refractivity contribution is -0.274. The summed E-state index contributed by atoms with van der Waals surface area (Å²) < 4.78 is 46.4. The Kier molecular flexibility index (Phi) is 5.05. The number of para-hydroxylation sites is 1. The van der Waals surface area contributed by atoms with E-state index in [4.69, 9.17) is 4.74 Å². The summed E-state index contributed by atoms with van der Waals surface area (Å²) in [6, 6.07) is 7.29. The lowest BCUT2D eigenvalue weighted by atomic mass is 10.0. The molecule has 0 aliphatic rings. The number of carbonyl (C=O) groups excluding carboxylic acids is 1. The van der Waals surface area contributed by atoms with Crippen LogP contribution in [-0.2, 0) is 9.53 Å². The van der Waals surface area contributed by atoms with Gasteiger partial charge in [-0.1, -0.05) is 18.2 Å². The van der Waals surface area contributed by atoms with Gasteiger partial charge in [0.05, 0.1) is 11.9 Å². The van der Waals surface area contributed by atoms with Crippen LogP contribution in [0.1, 0.15) is 6.92 Å². The highest BCUT2D eigenvalue weighted by Crippen LogP contribution is 2.36. The summed E-state index contributed by atoms with van der Waals surface area (Å²) in [4.78, 5) is 14.7. The number of rotatable bonds is 5. The SMILES string of the molecule is CC(=O)OCNc1cnccc1-c1ccccc1OC(F)(F)F. The molecule has 0 atom stereocenters. The van der Waals surface area contributed by atoms with Crippen molar-refractivity contribution in [2.75, 3.05) is 12.0 Å². The predicted molar refractivity (Wildman–Crippen MR) is 76.6 cm³/mol. The molecule has 2 rings (SSSR count). The molecule has 0 fully saturated rings. The summed E-state index contributed by atoms with van der Waals surface area (Å²) in [5.41, 5.74) is 1.08. The number of halogens is 3. The number of nitrogens with zero attached hydrogens (tertiary/aromatic N) is 1. The topological polar surface area (TPSA) is 60.5 Å². The van der Waals surface area contributed by atoms with Gasteiger partial charge in [0.15, 0.2) is 6.73 Å². The maximum absolute atomic E-state index is 12.5. The Morgan fingerprint density at radius 3 is 2.65 bits per heavy atom. The minimum atomic E-state index is -4.80. The molecule has 0 bridgehead atoms. The van der Waals surface area contributed by atoms with Gasteiger partial charge in [0.1, 0.15) is 5.75 Å². The number of ether oxygens (including phenoxy) is 2. The average Bonchev–Trinajstić information content (AvgIpc) is 2.46. The summed E-state index contributed by atoms with van der Waals surface area (Å²) in [5, 5.41) is 2.79. The number of hydrogen-bond donors (Lipinski definition) is 1. The average molecular weight is 326 g/mol. The highest BCUT2D eigenvalue weighted by Gasteiger charge is 2.32. The Morgan fingerprint density at radius 1 is 1.22 bits per heavy atom. The van der Waals surface area contributed by atoms with Crippen molar-refractivity contribution in [1.29, 1.82) is 0 Å². The second-order valence-corrected chi connectivity index (χ2v) is 4.42. The summed E-state index contributed by atoms with van der Waals surface area (Å²) in [6.45, 7) is 1.12. The minimum absolute atomic E-state index is 0.129. The molecule has 1 aromatic carbocycles. The van der Waals surface area contributed by atoms with Crippen molar-refractivity contribution in [2.45, 2.75) is 13.3 Å². The molecule has 1 N–H and O–H groups in total. The maximum Gasteiger partial charge on any atom is 0.573 e. The van der Waals surface area contributed by atoms with Crippen molar-refractivity contribution < 1.29 is 27.4 Å². The highest BCUT2D eigenvalue weighted by atomic mass is 19.4. The van der Waals surface area contributed by atoms with E-state index in [1.54, 1.807) is 6.07 Å². The Morgan fingerprint density at radius 2 is 1.96 bits per heavy atom. The molecule has 0 aliphatic carbocycles. The van der Waals surface area contributed by atoms with Crippen LogP contribution >= 0.6 is 0 Å². The smallest absolute Gasteiger partial charge is 0.445 e. The van der Waals surface area contributed by atoms with Crippen LogP contribution in [-0.4, -0.2) is 24.0 Å². The quantitative estimate of drug-likeness (QED) is 0.672. The number of aromatic nitrogens is 1. The van der Waals surface area contributed by atoms with E-state index in [0.717, 1.165) is 0 Å². The van der Waals surface area contributed by atoms with E-state index in [0.29, 0.717) is 11.3 Å². The second kappa shape index (κ2) is 6.99. The number of anilines is 1. The zero-order valence-corrected chi connectivity index (χ0v) is 12.1. The van der Waals surface area contributed by atoms with Crippen molar-refractivity contribution in [3.05, 3.63) is 42.7 Å². The standard InChI is InChI=1S/C15H13F3N2O3/c1-10(21)22-9-20-13-8-19-7-6-11(13)12-4-2-3-5-14(12)23-15(16,17)18/h2-8,20H,9H2,1H3. The Hall–Kier alpha value is -2.77. The van der Waals surface area contributed by atoms with Crippen LogP contribution in [0.4, 0.5) is 18.9 Å². The van der Waals surface area contributed by atoms with Gasteiger partial charge in [0, 0.05) is 24.2 Å². The molecule has 23 heavy (non-hydrogen) atoms. The van der Waals surface area contributed by atoms with Crippen molar-refractivity contribution in [2.24, 2.45) is 0 Å². The molecule has 0 saturated heterocycles. The summed E-state index contributed by atoms with van der Waals surface area (Å²) >= 11 is 0. The van der Waals surface area contributed by atoms with Crippen molar-refractivity contribution in [1.82, 2.24) is 4.98 Å². The fourth-order valence-corrected chi connectivity index (χ4v) is 1.89. The second-order valence-electron chi connectivity index (χ2n) is 4.42. The van der Waals surface area contributed by atoms with Crippen LogP contribution in [0.25, 0.3) is 11.1 Å². The van der Waals surface area contributed by atoms with Crippen LogP contribution in [0.3, 0.4) is 0 Å². The predicted octanol–water partition coefficient (Wildman–Crippen LogP) is 3.58. The number of benzene rings is 1. The van der Waals surface area contributed by atoms with Crippen molar-refractivity contribution >= 4 is 11.7 Å². The lowest BCUT2D eigenvalue weighted by Gasteiger charge is -2.16. The fourth-order valence-electron chi connectivity index (χ4n) is 1.89. The largest absolute Gasteiger partial charge is 0.573 e. The molecular weight excluding hydrogens is 313 g/mol. The zero-order chi connectivity index (χ0) is 16.9. The van der Waals surface area contributed by atoms with Gasteiger partial charge in [0.25, 0.3) is 0 Å². The van der Waals surface area contributed by atoms with Crippen LogP contribution in [0.2, 0.25) is 0 Å². The highest BCUT2D eigenvalue weighted by molar-refractivity contribution is 5.81. The number of hydrogen-bond acceptors (Lipinski definition) is 5. The molecule has 8 heteroatoms. The molecular formula is C15H13F3N2O3. The number of pyridine rings is 1. The van der Waals surface area contributed by atoms with Gasteiger partial charge in [-0.05, 0) is 12.1 Å². The molecule has 2 aromatic rings. The fraction of sp³-hybridized carbons (Fsp3) is 0.200. The minimum Gasteiger partial charge on any atom is -0.445 e. The third-order valence-corrected chi connectivity index (χ3v) is 2.76. The lowest BCUT2D eigenvalue weighted by Crippen LogP contribution is -2.17. The molecule has 0 spiro atoms. The summed E-state index contributed by atoms with van der Waals surface area (Å²) in [7, 11) is 0. The maximum atomic E-state index is 12.5. The first-order chi connectivity index (χ1) is 10.9. The molecule has 0 amide bonds. The normalized spacial score (nSPS) is 11.0. The van der Waals surface area contributed by atoms with E-state index >= 15 is 0 Å². The Bertz CT molecular complexity index is 690. The molecule has 1 heterocycles. The van der Waals surface area contributed by atoms with Gasteiger partial charge in [-0.25, -0.2) is 0 Å². The van der Waals surface area contributed by atoms with Gasteiger partial charge >= 0.3 is 12.3 Å². The van der Waals surface area contributed by atoms with E-state index in [9.17, 15) is 18.0 Å². The van der Waals surface area contributed by atoms with Gasteiger partial charge in [-0.3, -0.25) is 9.78 Å². The van der Waals surface area contributed by atoms with Crippen LogP contribution in [0.5, 0.6) is 5.75 Å². The first-order valence-corrected chi connectivity index (χ1v) is 6.53. The molecule has 0 aliphatic heterocycles. The third-order valence-electron chi connectivity index (χ3n) is 2.76. The van der Waals surface area contributed by atoms with Crippen LogP contribution < -0.4 is 10.1 Å². The molecule has 5 nitrogen and oxygen atoms in total. The van der Waals surface area contributed by atoms with E-state index in [1.807, 2.05) is 0 Å². The third kappa shape index (κ3) is 4.87. The Balaban J connectivity index is 2.33. The van der Waals surface area contributed by atoms with Gasteiger partial charge in [0.2, 0.25) is 0 Å². The van der Waals surface area contributed by atoms with Gasteiger partial charge < -0.3 is 14.8 Å². The number of alkyl halides is 3. The molecule has 1 aromatic heterocycles. The number of carbonyl (C=O) groups is 1. The molecule has 0 radical (unpaired) electrons. The van der Waals surface area contributed by atoms with Crippen molar-refractivity contribution in [3.8, 4) is 16.9 Å². The monoisotopic (exact) mass is 326 g/mol. The molecule has 122 valence electrons. The van der Waals surface area contributed by atoms with E-state index in [1.165, 1.54) is 43.6 Å². The summed E-state index contributed by atoms with van der Waals surface area (Å²) in [5.74, 6) is -0.814. The van der Waals surface area contributed by atoms with E-state index in [2.05, 4.69) is 15.0 Å². The van der Waals surface area contributed by atoms with E-state index in [-0.39, 0.29) is 18.0 Å². The van der Waals surface area contributed by atoms with Crippen molar-refractivity contribution in [3.63, 3.8) is 0 Å². The van der Waals surface area contributed by atoms with Gasteiger partial charge in [-0.2, -0.15) is 0 Å². The first-order valence-electron chi connectivity index (χ1n) is 6.53. The molecule has 0 saturated carbocycles. The summed E-state index contributed by atoms with van der Waals surface area (Å²) in [6.07, 6.45) is -1.94. The molecule has 0 unspecified atom stereocenters. The zero-order valence-electron chi connectivity index (χ0n) is 12.1. The van der Waals surface area contributed by atoms with Crippen LogP contribution in [0.15, 0.2) is 42.7 Å². The van der Waals surface area contributed by atoms with Crippen LogP contribution in [0, 0.1) is 0 Å². The Labute approximate surface area is 130 Å². The number of esters is 1. The van der Waals surface area contributed by atoms with Gasteiger partial charge in [-0.15, -0.1) is 13.2 Å². The van der Waals surface area contributed by atoms with E-state index < -0.39 is 12.3 Å². The first kappa shape index (κ1) is 16.6. The number of nitrogens with one attached hydrogen (secondary N) is 1.